The van der Waals surface area contributed by atoms with E-state index in [0.717, 1.165) is 36.5 Å². The molecule has 0 radical (unpaired) electrons. The number of pyridine rings is 1. The number of amides is 3. The van der Waals surface area contributed by atoms with Gasteiger partial charge in [-0.15, -0.1) is 36.2 Å². The summed E-state index contributed by atoms with van der Waals surface area (Å²) in [6.07, 6.45) is 4.79. The van der Waals surface area contributed by atoms with Crippen molar-refractivity contribution in [3.63, 3.8) is 0 Å². The van der Waals surface area contributed by atoms with Crippen LogP contribution in [0.4, 0.5) is 11.4 Å². The van der Waals surface area contributed by atoms with Gasteiger partial charge in [0.25, 0.3) is 0 Å². The monoisotopic (exact) mass is 663 g/mol. The number of nitrogens with zero attached hydrogens (tertiary/aromatic N) is 5. The minimum Gasteiger partial charge on any atom is -0.493 e. The number of fused-ring (bicyclic) bond motifs is 1. The Morgan fingerprint density at radius 1 is 1.00 bits per heavy atom. The number of likely N-dealkylation sites (N-methyl/N-ethyl adjacent to an activating group) is 1. The van der Waals surface area contributed by atoms with Crippen LogP contribution in [0.2, 0.25) is 0 Å². The van der Waals surface area contributed by atoms with Crippen LogP contribution < -0.4 is 14.5 Å². The smallest absolute Gasteiger partial charge is 0.242 e. The zero-order valence-corrected chi connectivity index (χ0v) is 28.5. The Labute approximate surface area is 277 Å². The fourth-order valence-corrected chi connectivity index (χ4v) is 5.77. The number of aromatic nitrogens is 1. The van der Waals surface area contributed by atoms with Crippen molar-refractivity contribution in [2.45, 2.75) is 40.2 Å². The molecule has 0 N–H and O–H groups in total. The SMILES string of the molecule is CCN1C(=O)C(C)(C)C(=O)N(C)c2cc(OCCCN(CCN(C)C(=O)Cc3cccs3)Cc3ccncc3)ccc21.Cl.Cl. The number of hydrogen-bond acceptors (Lipinski definition) is 7. The molecule has 1 aliphatic rings. The van der Waals surface area contributed by atoms with Crippen molar-refractivity contribution in [2.75, 3.05) is 56.7 Å². The maximum absolute atomic E-state index is 13.1. The number of thiophene rings is 1. The minimum atomic E-state index is -1.15. The van der Waals surface area contributed by atoms with Crippen LogP contribution in [0, 0.1) is 5.41 Å². The second kappa shape index (κ2) is 16.8. The Bertz CT molecular complexity index is 1370. The third-order valence-corrected chi connectivity index (χ3v) is 8.54. The minimum absolute atomic E-state index is 0. The Kier molecular flexibility index (Phi) is 14.1. The van der Waals surface area contributed by atoms with E-state index < -0.39 is 5.41 Å². The molecule has 1 aromatic carbocycles. The van der Waals surface area contributed by atoms with Crippen LogP contribution in [0.1, 0.15) is 37.6 Å². The second-order valence-electron chi connectivity index (χ2n) is 11.1. The molecule has 44 heavy (non-hydrogen) atoms. The van der Waals surface area contributed by atoms with E-state index in [0.29, 0.717) is 43.2 Å². The van der Waals surface area contributed by atoms with Crippen LogP contribution >= 0.6 is 36.2 Å². The van der Waals surface area contributed by atoms with E-state index >= 15 is 0 Å². The van der Waals surface area contributed by atoms with Crippen LogP contribution in [0.3, 0.4) is 0 Å². The normalized spacial score (nSPS) is 14.0. The number of anilines is 2. The number of benzene rings is 1. The van der Waals surface area contributed by atoms with E-state index in [9.17, 15) is 14.4 Å². The summed E-state index contributed by atoms with van der Waals surface area (Å²) in [7, 11) is 3.57. The van der Waals surface area contributed by atoms with Crippen LogP contribution in [0.25, 0.3) is 0 Å². The number of halogens is 2. The highest BCUT2D eigenvalue weighted by molar-refractivity contribution is 7.10. The predicted molar refractivity (Wildman–Crippen MR) is 181 cm³/mol. The number of ether oxygens (including phenoxy) is 1. The van der Waals surface area contributed by atoms with Crippen molar-refractivity contribution in [1.29, 1.82) is 0 Å². The van der Waals surface area contributed by atoms with Gasteiger partial charge in [0.2, 0.25) is 17.7 Å². The summed E-state index contributed by atoms with van der Waals surface area (Å²) < 4.78 is 6.13. The van der Waals surface area contributed by atoms with Gasteiger partial charge in [-0.1, -0.05) is 6.07 Å². The fraction of sp³-hybridized carbons (Fsp3) is 0.438. The first kappa shape index (κ1) is 37.0. The molecular weight excluding hydrogens is 621 g/mol. The Morgan fingerprint density at radius 3 is 2.39 bits per heavy atom. The average molecular weight is 665 g/mol. The van der Waals surface area contributed by atoms with Gasteiger partial charge in [0.15, 0.2) is 0 Å². The highest BCUT2D eigenvalue weighted by Gasteiger charge is 2.45. The number of rotatable bonds is 13. The molecule has 3 heterocycles. The van der Waals surface area contributed by atoms with Crippen LogP contribution in [0.5, 0.6) is 5.75 Å². The highest BCUT2D eigenvalue weighted by atomic mass is 35.5. The summed E-state index contributed by atoms with van der Waals surface area (Å²) >= 11 is 1.60. The lowest BCUT2D eigenvalue weighted by Crippen LogP contribution is -2.47. The molecule has 0 saturated carbocycles. The number of carbonyl (C=O) groups is 3. The molecular formula is C32H43Cl2N5O4S. The first-order valence-corrected chi connectivity index (χ1v) is 15.2. The zero-order chi connectivity index (χ0) is 30.3. The summed E-state index contributed by atoms with van der Waals surface area (Å²) in [5.74, 6) is 0.314. The van der Waals surface area contributed by atoms with Crippen molar-refractivity contribution in [3.05, 3.63) is 70.7 Å². The topological polar surface area (TPSA) is 86.3 Å². The summed E-state index contributed by atoms with van der Waals surface area (Å²) in [5.41, 5.74) is 1.38. The van der Waals surface area contributed by atoms with E-state index in [1.165, 1.54) is 0 Å². The second-order valence-corrected chi connectivity index (χ2v) is 12.1. The van der Waals surface area contributed by atoms with Crippen molar-refractivity contribution < 1.29 is 19.1 Å². The lowest BCUT2D eigenvalue weighted by Gasteiger charge is -2.27. The Hall–Kier alpha value is -3.18. The van der Waals surface area contributed by atoms with Crippen LogP contribution in [0.15, 0.2) is 60.2 Å². The van der Waals surface area contributed by atoms with Gasteiger partial charge in [-0.3, -0.25) is 24.3 Å². The zero-order valence-electron chi connectivity index (χ0n) is 26.0. The van der Waals surface area contributed by atoms with Gasteiger partial charge in [-0.2, -0.15) is 0 Å². The first-order chi connectivity index (χ1) is 20.1. The molecule has 0 bridgehead atoms. The van der Waals surface area contributed by atoms with Crippen molar-refractivity contribution in [1.82, 2.24) is 14.8 Å². The van der Waals surface area contributed by atoms with E-state index in [1.807, 2.05) is 61.8 Å². The van der Waals surface area contributed by atoms with E-state index in [-0.39, 0.29) is 42.5 Å². The van der Waals surface area contributed by atoms with Crippen LogP contribution in [-0.2, 0) is 27.3 Å². The largest absolute Gasteiger partial charge is 0.493 e. The maximum atomic E-state index is 13.1. The molecule has 0 atom stereocenters. The van der Waals surface area contributed by atoms with Crippen molar-refractivity contribution in [2.24, 2.45) is 5.41 Å². The highest BCUT2D eigenvalue weighted by Crippen LogP contribution is 2.40. The molecule has 4 rings (SSSR count). The van der Waals surface area contributed by atoms with Gasteiger partial charge in [-0.25, -0.2) is 0 Å². The fourth-order valence-electron chi connectivity index (χ4n) is 5.08. The maximum Gasteiger partial charge on any atom is 0.242 e. The molecule has 3 aromatic rings. The average Bonchev–Trinajstić information content (AvgIpc) is 3.49. The third-order valence-electron chi connectivity index (χ3n) is 7.66. The molecule has 0 saturated heterocycles. The van der Waals surface area contributed by atoms with Gasteiger partial charge >= 0.3 is 0 Å². The summed E-state index contributed by atoms with van der Waals surface area (Å²) in [5, 5.41) is 1.99. The molecule has 2 aromatic heterocycles. The first-order valence-electron chi connectivity index (χ1n) is 14.4. The van der Waals surface area contributed by atoms with E-state index in [2.05, 4.69) is 9.88 Å². The molecule has 240 valence electrons. The van der Waals surface area contributed by atoms with Gasteiger partial charge in [0.05, 0.1) is 24.4 Å². The lowest BCUT2D eigenvalue weighted by molar-refractivity contribution is -0.137. The molecule has 9 nitrogen and oxygen atoms in total. The number of carbonyl (C=O) groups excluding carboxylic acids is 3. The van der Waals surface area contributed by atoms with E-state index in [1.54, 1.807) is 59.3 Å². The quantitative estimate of drug-likeness (QED) is 0.182. The van der Waals surface area contributed by atoms with Gasteiger partial charge in [0, 0.05) is 70.2 Å². The van der Waals surface area contributed by atoms with Gasteiger partial charge in [-0.05, 0) is 68.5 Å². The molecule has 12 heteroatoms. The van der Waals surface area contributed by atoms with Crippen molar-refractivity contribution >= 4 is 65.2 Å². The molecule has 0 unspecified atom stereocenters. The summed E-state index contributed by atoms with van der Waals surface area (Å²) in [4.78, 5) is 51.5. The predicted octanol–water partition coefficient (Wildman–Crippen LogP) is 5.31. The van der Waals surface area contributed by atoms with Gasteiger partial charge < -0.3 is 19.4 Å². The Morgan fingerprint density at radius 2 is 1.73 bits per heavy atom. The lowest BCUT2D eigenvalue weighted by atomic mass is 9.90. The summed E-state index contributed by atoms with van der Waals surface area (Å²) in [6, 6.07) is 13.5. The standard InChI is InChI=1S/C32H41N5O4S.2ClH/c1-6-37-27-11-10-25(21-28(27)35(5)30(39)32(2,3)31(37)40)41-19-8-16-36(23-24-12-14-33-15-13-24)18-17-34(4)29(38)22-26-9-7-20-42-26;;/h7,9-15,20-21H,6,8,16-19,22-23H2,1-5H3;2*1H. The molecule has 0 fully saturated rings. The van der Waals surface area contributed by atoms with Crippen molar-refractivity contribution in [3.8, 4) is 5.75 Å². The van der Waals surface area contributed by atoms with Gasteiger partial charge in [0.1, 0.15) is 11.2 Å². The molecule has 1 aliphatic heterocycles. The van der Waals surface area contributed by atoms with E-state index in [4.69, 9.17) is 4.74 Å². The summed E-state index contributed by atoms with van der Waals surface area (Å²) in [6.45, 7) is 9.11. The Balaban J connectivity index is 0.00000337. The molecule has 0 aliphatic carbocycles. The van der Waals surface area contributed by atoms with Crippen LogP contribution in [-0.4, -0.2) is 79.4 Å². The molecule has 0 spiro atoms. The molecule has 3 amide bonds. The third kappa shape index (κ3) is 8.94. The number of hydrogen-bond donors (Lipinski definition) is 0.